The second-order valence-electron chi connectivity index (χ2n) is 4.77. The van der Waals surface area contributed by atoms with Crippen molar-refractivity contribution in [3.63, 3.8) is 0 Å². The number of carbonyl (C=O) groups excluding carboxylic acids is 1. The average Bonchev–Trinajstić information content (AvgIpc) is 2.59. The van der Waals surface area contributed by atoms with E-state index in [0.29, 0.717) is 22.7 Å². The smallest absolute Gasteiger partial charge is 0.269 e. The van der Waals surface area contributed by atoms with Crippen LogP contribution >= 0.6 is 0 Å². The molecule has 2 aromatic rings. The summed E-state index contributed by atoms with van der Waals surface area (Å²) in [5, 5.41) is 13.3. The fraction of sp³-hybridized carbons (Fsp3) is 0.118. The summed E-state index contributed by atoms with van der Waals surface area (Å²) in [7, 11) is 3.05. The molecule has 7 heteroatoms. The average molecular weight is 328 g/mol. The van der Waals surface area contributed by atoms with E-state index in [0.717, 1.165) is 0 Å². The molecule has 1 N–H and O–H groups in total. The number of non-ortho nitro benzene ring substituents is 1. The zero-order valence-corrected chi connectivity index (χ0v) is 13.2. The van der Waals surface area contributed by atoms with E-state index in [1.807, 2.05) is 0 Å². The number of hydrogen-bond donors (Lipinski definition) is 1. The van der Waals surface area contributed by atoms with E-state index in [1.54, 1.807) is 36.4 Å². The van der Waals surface area contributed by atoms with Gasteiger partial charge in [0.25, 0.3) is 5.69 Å². The minimum absolute atomic E-state index is 0.0000714. The van der Waals surface area contributed by atoms with Crippen LogP contribution in [-0.2, 0) is 4.79 Å². The van der Waals surface area contributed by atoms with Gasteiger partial charge in [-0.3, -0.25) is 14.9 Å². The highest BCUT2D eigenvalue weighted by atomic mass is 16.6. The highest BCUT2D eigenvalue weighted by Gasteiger charge is 2.05. The molecule has 0 fully saturated rings. The number of hydrogen-bond acceptors (Lipinski definition) is 5. The van der Waals surface area contributed by atoms with Gasteiger partial charge in [0.05, 0.1) is 19.1 Å². The number of anilines is 1. The molecule has 0 unspecified atom stereocenters. The molecule has 24 heavy (non-hydrogen) atoms. The largest absolute Gasteiger partial charge is 0.497 e. The second kappa shape index (κ2) is 7.77. The summed E-state index contributed by atoms with van der Waals surface area (Å²) < 4.78 is 10.3. The van der Waals surface area contributed by atoms with E-state index in [2.05, 4.69) is 5.32 Å². The Morgan fingerprint density at radius 1 is 1.08 bits per heavy atom. The maximum absolute atomic E-state index is 12.0. The summed E-state index contributed by atoms with van der Waals surface area (Å²) in [6.07, 6.45) is 2.91. The summed E-state index contributed by atoms with van der Waals surface area (Å²) in [4.78, 5) is 22.1. The van der Waals surface area contributed by atoms with Crippen LogP contribution in [0.3, 0.4) is 0 Å². The highest BCUT2D eigenvalue weighted by Crippen LogP contribution is 2.25. The van der Waals surface area contributed by atoms with Gasteiger partial charge in [-0.05, 0) is 23.8 Å². The normalized spacial score (nSPS) is 10.4. The van der Waals surface area contributed by atoms with Crippen LogP contribution < -0.4 is 14.8 Å². The van der Waals surface area contributed by atoms with Crippen molar-refractivity contribution in [2.24, 2.45) is 0 Å². The Morgan fingerprint density at radius 2 is 1.67 bits per heavy atom. The Labute approximate surface area is 138 Å². The third-order valence-electron chi connectivity index (χ3n) is 3.15. The number of nitro benzene ring substituents is 1. The third-order valence-corrected chi connectivity index (χ3v) is 3.15. The maximum atomic E-state index is 12.0. The number of rotatable bonds is 6. The predicted octanol–water partition coefficient (Wildman–Crippen LogP) is 3.26. The number of carbonyl (C=O) groups is 1. The molecule has 0 saturated heterocycles. The van der Waals surface area contributed by atoms with Crippen molar-refractivity contribution in [3.8, 4) is 11.5 Å². The van der Waals surface area contributed by atoms with Crippen molar-refractivity contribution in [2.45, 2.75) is 0 Å². The predicted molar refractivity (Wildman–Crippen MR) is 90.3 cm³/mol. The number of methoxy groups -OCH3 is 2. The molecule has 0 saturated carbocycles. The van der Waals surface area contributed by atoms with Crippen LogP contribution in [-0.4, -0.2) is 25.1 Å². The van der Waals surface area contributed by atoms with Crippen molar-refractivity contribution < 1.29 is 19.2 Å². The first kappa shape index (κ1) is 17.0. The van der Waals surface area contributed by atoms with Crippen molar-refractivity contribution in [3.05, 3.63) is 64.2 Å². The Bertz CT molecular complexity index is 747. The molecule has 2 rings (SSSR count). The highest BCUT2D eigenvalue weighted by molar-refractivity contribution is 6.02. The van der Waals surface area contributed by atoms with E-state index < -0.39 is 4.92 Å². The first-order valence-electron chi connectivity index (χ1n) is 6.98. The van der Waals surface area contributed by atoms with E-state index in [-0.39, 0.29) is 11.6 Å². The minimum atomic E-state index is -0.476. The molecule has 0 aliphatic heterocycles. The fourth-order valence-electron chi connectivity index (χ4n) is 1.94. The summed E-state index contributed by atoms with van der Waals surface area (Å²) in [5.41, 5.74) is 1.21. The number of benzene rings is 2. The number of nitrogens with one attached hydrogen (secondary N) is 1. The summed E-state index contributed by atoms with van der Waals surface area (Å²) in [6.45, 7) is 0. The van der Waals surface area contributed by atoms with Crippen molar-refractivity contribution in [1.82, 2.24) is 0 Å². The van der Waals surface area contributed by atoms with E-state index in [9.17, 15) is 14.9 Å². The third kappa shape index (κ3) is 4.57. The monoisotopic (exact) mass is 328 g/mol. The standard InChI is InChI=1S/C17H16N2O5/c1-23-15-9-13(10-16(11-15)24-2)18-17(20)8-5-12-3-6-14(7-4-12)19(21)22/h3-11H,1-2H3,(H,18,20)/b8-5-. The molecular formula is C17H16N2O5. The first-order valence-corrected chi connectivity index (χ1v) is 6.98. The lowest BCUT2D eigenvalue weighted by atomic mass is 10.2. The van der Waals surface area contributed by atoms with Gasteiger partial charge < -0.3 is 14.8 Å². The molecule has 0 heterocycles. The van der Waals surface area contributed by atoms with Gasteiger partial charge >= 0.3 is 0 Å². The molecule has 1 amide bonds. The zero-order chi connectivity index (χ0) is 17.5. The van der Waals surface area contributed by atoms with Crippen LogP contribution in [0.4, 0.5) is 11.4 Å². The van der Waals surface area contributed by atoms with Gasteiger partial charge in [-0.1, -0.05) is 0 Å². The van der Waals surface area contributed by atoms with E-state index >= 15 is 0 Å². The molecule has 7 nitrogen and oxygen atoms in total. The Morgan fingerprint density at radius 3 is 2.17 bits per heavy atom. The summed E-state index contributed by atoms with van der Waals surface area (Å²) in [5.74, 6) is 0.775. The fourth-order valence-corrected chi connectivity index (χ4v) is 1.94. The molecule has 124 valence electrons. The lowest BCUT2D eigenvalue weighted by Crippen LogP contribution is -2.08. The van der Waals surface area contributed by atoms with Crippen LogP contribution in [0.2, 0.25) is 0 Å². The van der Waals surface area contributed by atoms with E-state index in [4.69, 9.17) is 9.47 Å². The second-order valence-corrected chi connectivity index (χ2v) is 4.77. The number of nitrogens with zero attached hydrogens (tertiary/aromatic N) is 1. The Kier molecular flexibility index (Phi) is 5.51. The van der Waals surface area contributed by atoms with Crippen LogP contribution in [0, 0.1) is 10.1 Å². The van der Waals surface area contributed by atoms with Crippen LogP contribution in [0.25, 0.3) is 6.08 Å². The van der Waals surface area contributed by atoms with Gasteiger partial charge in [0.2, 0.25) is 5.91 Å². The van der Waals surface area contributed by atoms with Gasteiger partial charge in [-0.25, -0.2) is 0 Å². The SMILES string of the molecule is COc1cc(NC(=O)/C=C\c2ccc([N+](=O)[O-])cc2)cc(OC)c1. The van der Waals surface area contributed by atoms with Gasteiger partial charge in [0, 0.05) is 42.1 Å². The Balaban J connectivity index is 2.06. The molecule has 0 aliphatic carbocycles. The molecule has 0 aromatic heterocycles. The van der Waals surface area contributed by atoms with Gasteiger partial charge in [-0.15, -0.1) is 0 Å². The summed E-state index contributed by atoms with van der Waals surface area (Å²) in [6, 6.07) is 10.9. The van der Waals surface area contributed by atoms with E-state index in [1.165, 1.54) is 32.4 Å². The Hall–Kier alpha value is -3.35. The van der Waals surface area contributed by atoms with Crippen LogP contribution in [0.5, 0.6) is 11.5 Å². The van der Waals surface area contributed by atoms with Gasteiger partial charge in [-0.2, -0.15) is 0 Å². The van der Waals surface area contributed by atoms with Gasteiger partial charge in [0.1, 0.15) is 11.5 Å². The molecule has 0 atom stereocenters. The van der Waals surface area contributed by atoms with Crippen molar-refractivity contribution in [1.29, 1.82) is 0 Å². The lowest BCUT2D eigenvalue weighted by Gasteiger charge is -2.08. The number of nitro groups is 1. The first-order chi connectivity index (χ1) is 11.5. The molecule has 0 radical (unpaired) electrons. The molecule has 0 bridgehead atoms. The zero-order valence-electron chi connectivity index (χ0n) is 13.2. The molecular weight excluding hydrogens is 312 g/mol. The van der Waals surface area contributed by atoms with Crippen LogP contribution in [0.15, 0.2) is 48.5 Å². The summed E-state index contributed by atoms with van der Waals surface area (Å²) >= 11 is 0. The maximum Gasteiger partial charge on any atom is 0.269 e. The lowest BCUT2D eigenvalue weighted by molar-refractivity contribution is -0.384. The van der Waals surface area contributed by atoms with Gasteiger partial charge in [0.15, 0.2) is 0 Å². The minimum Gasteiger partial charge on any atom is -0.497 e. The topological polar surface area (TPSA) is 90.7 Å². The number of ether oxygens (including phenoxy) is 2. The quantitative estimate of drug-likeness (QED) is 0.499. The number of amides is 1. The molecule has 0 spiro atoms. The van der Waals surface area contributed by atoms with Crippen molar-refractivity contribution in [2.75, 3.05) is 19.5 Å². The molecule has 2 aromatic carbocycles. The van der Waals surface area contributed by atoms with Crippen molar-refractivity contribution >= 4 is 23.4 Å². The van der Waals surface area contributed by atoms with Crippen LogP contribution in [0.1, 0.15) is 5.56 Å². The molecule has 0 aliphatic rings.